The van der Waals surface area contributed by atoms with E-state index in [9.17, 15) is 9.59 Å². The average Bonchev–Trinajstić information content (AvgIpc) is 3.67. The highest BCUT2D eigenvalue weighted by Gasteiger charge is 2.23. The molecule has 4 heterocycles. The summed E-state index contributed by atoms with van der Waals surface area (Å²) in [7, 11) is 1.75. The Morgan fingerprint density at radius 2 is 1.78 bits per heavy atom. The predicted octanol–water partition coefficient (Wildman–Crippen LogP) is 3.50. The molecule has 0 unspecified atom stereocenters. The molecule has 1 aromatic carbocycles. The molecular formula is C28H30N8O5. The number of aromatic nitrogens is 8. The molecule has 5 aromatic rings. The van der Waals surface area contributed by atoms with E-state index in [1.807, 2.05) is 51.1 Å². The van der Waals surface area contributed by atoms with Crippen LogP contribution in [0.2, 0.25) is 0 Å². The zero-order chi connectivity index (χ0) is 29.1. The van der Waals surface area contributed by atoms with Gasteiger partial charge in [-0.2, -0.15) is 15.1 Å². The lowest BCUT2D eigenvalue weighted by molar-refractivity contribution is 0.00583. The first-order valence-electron chi connectivity index (χ1n) is 13.0. The van der Waals surface area contributed by atoms with E-state index < -0.39 is 17.5 Å². The van der Waals surface area contributed by atoms with Crippen LogP contribution in [0, 0.1) is 0 Å². The minimum Gasteiger partial charge on any atom is -0.471 e. The highest BCUT2D eigenvalue weighted by atomic mass is 16.6. The van der Waals surface area contributed by atoms with Crippen molar-refractivity contribution in [3.63, 3.8) is 0 Å². The van der Waals surface area contributed by atoms with Crippen LogP contribution in [0.5, 0.6) is 5.88 Å². The van der Waals surface area contributed by atoms with Crippen LogP contribution in [0.15, 0.2) is 55.2 Å². The maximum atomic E-state index is 12.7. The minimum absolute atomic E-state index is 0.172. The lowest BCUT2D eigenvalue weighted by atomic mass is 10.2. The topological polar surface area (TPSA) is 141 Å². The first-order chi connectivity index (χ1) is 19.6. The molecule has 0 amide bonds. The van der Waals surface area contributed by atoms with E-state index >= 15 is 0 Å². The minimum atomic E-state index is -0.631. The maximum Gasteiger partial charge on any atom is 0.357 e. The van der Waals surface area contributed by atoms with E-state index in [1.54, 1.807) is 29.4 Å². The molecule has 13 heteroatoms. The third-order valence-corrected chi connectivity index (χ3v) is 5.95. The van der Waals surface area contributed by atoms with Crippen LogP contribution in [0.25, 0.3) is 17.1 Å². The fourth-order valence-corrected chi connectivity index (χ4v) is 4.00. The zero-order valence-electron chi connectivity index (χ0n) is 23.4. The quantitative estimate of drug-likeness (QED) is 0.247. The SMILES string of the molecule is CCOC(=O)c1cnn(-c2nc(OCc3ccccc3)c3c(ncn3Cc3ncc(C(=O)OC(C)(C)C)n3C)n2)c1. The van der Waals surface area contributed by atoms with Gasteiger partial charge in [0, 0.05) is 13.2 Å². The third kappa shape index (κ3) is 6.08. The summed E-state index contributed by atoms with van der Waals surface area (Å²) in [5, 5.41) is 4.23. The number of nitrogens with zero attached hydrogens (tertiary/aromatic N) is 8. The van der Waals surface area contributed by atoms with Gasteiger partial charge in [0.05, 0.1) is 37.4 Å². The van der Waals surface area contributed by atoms with E-state index in [4.69, 9.17) is 14.2 Å². The van der Waals surface area contributed by atoms with Gasteiger partial charge in [-0.05, 0) is 33.3 Å². The van der Waals surface area contributed by atoms with Gasteiger partial charge in [0.25, 0.3) is 5.95 Å². The summed E-state index contributed by atoms with van der Waals surface area (Å²) in [4.78, 5) is 42.9. The molecular weight excluding hydrogens is 528 g/mol. The first-order valence-corrected chi connectivity index (χ1v) is 13.0. The van der Waals surface area contributed by atoms with Crippen LogP contribution in [-0.4, -0.2) is 63.0 Å². The van der Waals surface area contributed by atoms with E-state index in [0.717, 1.165) is 5.56 Å². The second-order valence-corrected chi connectivity index (χ2v) is 10.2. The summed E-state index contributed by atoms with van der Waals surface area (Å²) >= 11 is 0. The van der Waals surface area contributed by atoms with Gasteiger partial charge in [-0.15, -0.1) is 0 Å². The molecule has 13 nitrogen and oxygen atoms in total. The Labute approximate surface area is 235 Å². The molecule has 4 aromatic heterocycles. The number of hydrogen-bond acceptors (Lipinski definition) is 10. The molecule has 0 bridgehead atoms. The van der Waals surface area contributed by atoms with Gasteiger partial charge in [0.15, 0.2) is 11.2 Å². The number of esters is 2. The first kappa shape index (κ1) is 27.5. The van der Waals surface area contributed by atoms with Crippen molar-refractivity contribution in [3.8, 4) is 11.8 Å². The molecule has 0 atom stereocenters. The van der Waals surface area contributed by atoms with E-state index in [-0.39, 0.29) is 37.2 Å². The highest BCUT2D eigenvalue weighted by Crippen LogP contribution is 2.25. The summed E-state index contributed by atoms with van der Waals surface area (Å²) in [6, 6.07) is 9.67. The fraction of sp³-hybridized carbons (Fsp3) is 0.321. The van der Waals surface area contributed by atoms with Gasteiger partial charge in [0.2, 0.25) is 5.88 Å². The molecule has 0 N–H and O–H groups in total. The average molecular weight is 559 g/mol. The van der Waals surface area contributed by atoms with Gasteiger partial charge in [-0.3, -0.25) is 0 Å². The third-order valence-electron chi connectivity index (χ3n) is 5.95. The number of ether oxygens (including phenoxy) is 3. The molecule has 0 aliphatic heterocycles. The van der Waals surface area contributed by atoms with Crippen molar-refractivity contribution in [3.05, 3.63) is 77.9 Å². The van der Waals surface area contributed by atoms with Crippen LogP contribution < -0.4 is 4.74 Å². The van der Waals surface area contributed by atoms with Crippen molar-refractivity contribution in [1.29, 1.82) is 0 Å². The Morgan fingerprint density at radius 1 is 1.00 bits per heavy atom. The highest BCUT2D eigenvalue weighted by molar-refractivity contribution is 5.89. The molecule has 0 aliphatic carbocycles. The molecule has 0 saturated carbocycles. The molecule has 0 fully saturated rings. The van der Waals surface area contributed by atoms with E-state index in [1.165, 1.54) is 23.3 Å². The molecule has 41 heavy (non-hydrogen) atoms. The summed E-state index contributed by atoms with van der Waals surface area (Å²) in [6.07, 6.45) is 5.97. The largest absolute Gasteiger partial charge is 0.471 e. The standard InChI is InChI=1S/C28H30N8O5/c1-6-39-25(37)19-12-31-36(14-19)27-32-23-22(24(33-27)40-16-18-10-8-7-9-11-18)35(17-30-23)15-21-29-13-20(34(21)5)26(38)41-28(2,3)4/h7-14,17H,6,15-16H2,1-5H3. The van der Waals surface area contributed by atoms with Crippen molar-refractivity contribution in [2.75, 3.05) is 6.61 Å². The van der Waals surface area contributed by atoms with Crippen LogP contribution in [0.3, 0.4) is 0 Å². The van der Waals surface area contributed by atoms with E-state index in [0.29, 0.717) is 22.7 Å². The monoisotopic (exact) mass is 558 g/mol. The number of carbonyl (C=O) groups excluding carboxylic acids is 2. The summed E-state index contributed by atoms with van der Waals surface area (Å²) < 4.78 is 21.6. The lowest BCUT2D eigenvalue weighted by Crippen LogP contribution is -2.25. The molecule has 212 valence electrons. The van der Waals surface area contributed by atoms with Crippen molar-refractivity contribution >= 4 is 23.1 Å². The smallest absolute Gasteiger partial charge is 0.357 e. The molecule has 0 spiro atoms. The second-order valence-electron chi connectivity index (χ2n) is 10.2. The van der Waals surface area contributed by atoms with Crippen LogP contribution in [0.4, 0.5) is 0 Å². The summed E-state index contributed by atoms with van der Waals surface area (Å²) in [5.74, 6) is 0.0714. The Morgan fingerprint density at radius 3 is 2.51 bits per heavy atom. The number of carbonyl (C=O) groups is 2. The molecule has 0 radical (unpaired) electrons. The number of hydrogen-bond donors (Lipinski definition) is 0. The number of imidazole rings is 2. The molecule has 0 saturated heterocycles. The van der Waals surface area contributed by atoms with Crippen LogP contribution in [0.1, 0.15) is 59.9 Å². The Balaban J connectivity index is 1.50. The summed E-state index contributed by atoms with van der Waals surface area (Å²) in [6.45, 7) is 7.92. The van der Waals surface area contributed by atoms with Crippen molar-refractivity contribution in [2.45, 2.75) is 46.4 Å². The lowest BCUT2D eigenvalue weighted by Gasteiger charge is -2.19. The van der Waals surface area contributed by atoms with Gasteiger partial charge in [-0.25, -0.2) is 24.2 Å². The van der Waals surface area contributed by atoms with Crippen molar-refractivity contribution in [1.82, 2.24) is 38.9 Å². The van der Waals surface area contributed by atoms with Gasteiger partial charge in [0.1, 0.15) is 23.7 Å². The second kappa shape index (κ2) is 11.2. The zero-order valence-corrected chi connectivity index (χ0v) is 23.4. The number of rotatable bonds is 9. The van der Waals surface area contributed by atoms with Crippen LogP contribution in [-0.2, 0) is 29.7 Å². The summed E-state index contributed by atoms with van der Waals surface area (Å²) in [5.41, 5.74) is 1.80. The van der Waals surface area contributed by atoms with Crippen molar-refractivity contribution < 1.29 is 23.8 Å². The molecule has 0 aliphatic rings. The Kier molecular flexibility index (Phi) is 7.51. The van der Waals surface area contributed by atoms with Gasteiger partial charge < -0.3 is 23.3 Å². The van der Waals surface area contributed by atoms with Crippen LogP contribution >= 0.6 is 0 Å². The van der Waals surface area contributed by atoms with E-state index in [2.05, 4.69) is 25.0 Å². The van der Waals surface area contributed by atoms with Gasteiger partial charge >= 0.3 is 11.9 Å². The number of fused-ring (bicyclic) bond motifs is 1. The Bertz CT molecular complexity index is 1700. The maximum absolute atomic E-state index is 12.7. The van der Waals surface area contributed by atoms with Gasteiger partial charge in [-0.1, -0.05) is 30.3 Å². The predicted molar refractivity (Wildman–Crippen MR) is 147 cm³/mol. The number of benzene rings is 1. The fourth-order valence-electron chi connectivity index (χ4n) is 4.00. The molecule has 5 rings (SSSR count). The van der Waals surface area contributed by atoms with Crippen molar-refractivity contribution in [2.24, 2.45) is 7.05 Å². The Hall–Kier alpha value is -5.07. The normalized spacial score (nSPS) is 11.5.